The minimum atomic E-state index is -4.49. The lowest BCUT2D eigenvalue weighted by Gasteiger charge is -2.28. The van der Waals surface area contributed by atoms with Crippen LogP contribution in [0.25, 0.3) is 0 Å². The Labute approximate surface area is 194 Å². The van der Waals surface area contributed by atoms with Gasteiger partial charge in [-0.25, -0.2) is 0 Å². The molecule has 4 aromatic carbocycles. The van der Waals surface area contributed by atoms with Gasteiger partial charge in [-0.1, -0.05) is 30.3 Å². The Hall–Kier alpha value is -3.18. The van der Waals surface area contributed by atoms with E-state index < -0.39 is 17.4 Å². The van der Waals surface area contributed by atoms with Gasteiger partial charge in [0.2, 0.25) is 0 Å². The first-order chi connectivity index (χ1) is 15.9. The highest BCUT2D eigenvalue weighted by Gasteiger charge is 2.50. The Kier molecular flexibility index (Phi) is 6.52. The number of rotatable bonds is 7. The largest absolute Gasteiger partial charge is 0.497 e. The van der Waals surface area contributed by atoms with Crippen molar-refractivity contribution in [3.63, 3.8) is 0 Å². The zero-order valence-electron chi connectivity index (χ0n) is 18.3. The normalized spacial score (nSPS) is 11.7. The summed E-state index contributed by atoms with van der Waals surface area (Å²) in [6, 6.07) is 31.8. The molecule has 0 atom stereocenters. The lowest BCUT2D eigenvalue weighted by molar-refractivity contribution is 0.415. The van der Waals surface area contributed by atoms with Gasteiger partial charge in [-0.3, -0.25) is 4.55 Å². The second-order valence-electron chi connectivity index (χ2n) is 7.35. The van der Waals surface area contributed by atoms with Gasteiger partial charge in [0.1, 0.15) is 44.9 Å². The molecule has 0 bridgehead atoms. The highest BCUT2D eigenvalue weighted by Crippen LogP contribution is 2.55. The van der Waals surface area contributed by atoms with E-state index in [1.807, 2.05) is 78.9 Å². The second-order valence-corrected chi connectivity index (χ2v) is 12.1. The summed E-state index contributed by atoms with van der Waals surface area (Å²) < 4.78 is 46.0. The van der Waals surface area contributed by atoms with Gasteiger partial charge in [0, 0.05) is 0 Å². The monoisotopic (exact) mass is 479 g/mol. The molecule has 0 aromatic heterocycles. The standard InChI is InChI=1S/C26H23O5PS/c1-30-20-12-16-23(17-13-20)32(22-8-4-3-5-9-22,24-18-14-21(31-2)15-19-24)25-10-6-7-11-26(25)33(27,28)29/h3-19H,1-2H3/p+1. The van der Waals surface area contributed by atoms with E-state index in [0.717, 1.165) is 15.9 Å². The summed E-state index contributed by atoms with van der Waals surface area (Å²) in [7, 11) is -4.03. The van der Waals surface area contributed by atoms with Crippen molar-refractivity contribution < 1.29 is 22.4 Å². The summed E-state index contributed by atoms with van der Waals surface area (Å²) in [5, 5.41) is 3.36. The number of hydrogen-bond donors (Lipinski definition) is 1. The van der Waals surface area contributed by atoms with E-state index in [4.69, 9.17) is 9.47 Å². The number of ether oxygens (including phenoxy) is 2. The predicted octanol–water partition coefficient (Wildman–Crippen LogP) is 3.57. The second kappa shape index (κ2) is 9.36. The van der Waals surface area contributed by atoms with Crippen LogP contribution in [0.5, 0.6) is 11.5 Å². The lowest BCUT2D eigenvalue weighted by atomic mass is 10.3. The van der Waals surface area contributed by atoms with Gasteiger partial charge < -0.3 is 9.47 Å². The maximum Gasteiger partial charge on any atom is 0.298 e. The van der Waals surface area contributed by atoms with Crippen LogP contribution < -0.4 is 30.7 Å². The van der Waals surface area contributed by atoms with E-state index >= 15 is 0 Å². The maximum atomic E-state index is 12.5. The minimum absolute atomic E-state index is 0.103. The molecule has 5 nitrogen and oxygen atoms in total. The molecule has 4 aromatic rings. The maximum absolute atomic E-state index is 12.5. The summed E-state index contributed by atoms with van der Waals surface area (Å²) >= 11 is 0. The quantitative estimate of drug-likeness (QED) is 0.324. The molecule has 0 radical (unpaired) electrons. The third kappa shape index (κ3) is 4.25. The van der Waals surface area contributed by atoms with Gasteiger partial charge in [0.25, 0.3) is 10.1 Å². The number of methoxy groups -OCH3 is 2. The molecule has 0 heterocycles. The first-order valence-electron chi connectivity index (χ1n) is 10.2. The average Bonchev–Trinajstić information content (AvgIpc) is 2.86. The first kappa shape index (κ1) is 23.0. The van der Waals surface area contributed by atoms with Crippen LogP contribution in [0, 0.1) is 0 Å². The fraction of sp³-hybridized carbons (Fsp3) is 0.0769. The molecule has 168 valence electrons. The first-order valence-corrected chi connectivity index (χ1v) is 13.4. The Balaban J connectivity index is 2.18. The van der Waals surface area contributed by atoms with Crippen LogP contribution in [-0.4, -0.2) is 27.2 Å². The number of benzene rings is 4. The summed E-state index contributed by atoms with van der Waals surface area (Å²) in [6.45, 7) is 0. The Bertz CT molecular complexity index is 1290. The molecule has 0 aliphatic heterocycles. The van der Waals surface area contributed by atoms with Gasteiger partial charge >= 0.3 is 0 Å². The predicted molar refractivity (Wildman–Crippen MR) is 134 cm³/mol. The van der Waals surface area contributed by atoms with Crippen LogP contribution in [0.1, 0.15) is 0 Å². The van der Waals surface area contributed by atoms with Crippen molar-refractivity contribution in [3.8, 4) is 11.5 Å². The molecule has 33 heavy (non-hydrogen) atoms. The molecule has 0 saturated heterocycles. The molecule has 0 aliphatic rings. The molecule has 0 amide bonds. The van der Waals surface area contributed by atoms with Crippen molar-refractivity contribution in [1.29, 1.82) is 0 Å². The lowest BCUT2D eigenvalue weighted by Crippen LogP contribution is -2.40. The highest BCUT2D eigenvalue weighted by atomic mass is 32.2. The Morgan fingerprint density at radius 2 is 1.03 bits per heavy atom. The highest BCUT2D eigenvalue weighted by molar-refractivity contribution is 8.02. The van der Waals surface area contributed by atoms with E-state index in [-0.39, 0.29) is 4.90 Å². The molecular formula is C26H24O5PS+. The van der Waals surface area contributed by atoms with Crippen molar-refractivity contribution >= 4 is 38.6 Å². The fourth-order valence-corrected chi connectivity index (χ4v) is 9.68. The zero-order valence-corrected chi connectivity index (χ0v) is 20.0. The molecule has 0 spiro atoms. The van der Waals surface area contributed by atoms with E-state index in [2.05, 4.69) is 0 Å². The van der Waals surface area contributed by atoms with Crippen molar-refractivity contribution in [2.75, 3.05) is 14.2 Å². The van der Waals surface area contributed by atoms with Crippen LogP contribution in [0.2, 0.25) is 0 Å². The molecule has 4 rings (SSSR count). The summed E-state index contributed by atoms with van der Waals surface area (Å²) in [5.74, 6) is 1.39. The molecule has 0 unspecified atom stereocenters. The SMILES string of the molecule is COc1ccc([P+](c2ccccc2)(c2ccc(OC)cc2)c2ccccc2S(=O)(=O)O)cc1. The third-order valence-electron chi connectivity index (χ3n) is 5.57. The molecule has 0 fully saturated rings. The van der Waals surface area contributed by atoms with E-state index in [0.29, 0.717) is 16.8 Å². The molecule has 7 heteroatoms. The van der Waals surface area contributed by atoms with Crippen LogP contribution in [0.15, 0.2) is 108 Å². The van der Waals surface area contributed by atoms with Gasteiger partial charge in [-0.05, 0) is 72.8 Å². The molecule has 0 aliphatic carbocycles. The van der Waals surface area contributed by atoms with Gasteiger partial charge in [-0.15, -0.1) is 0 Å². The van der Waals surface area contributed by atoms with Crippen molar-refractivity contribution in [2.45, 2.75) is 4.90 Å². The smallest absolute Gasteiger partial charge is 0.298 e. The fourth-order valence-electron chi connectivity index (χ4n) is 4.08. The van der Waals surface area contributed by atoms with Gasteiger partial charge in [-0.2, -0.15) is 8.42 Å². The zero-order chi connectivity index (χ0) is 23.5. The third-order valence-corrected chi connectivity index (χ3v) is 11.0. The van der Waals surface area contributed by atoms with Crippen molar-refractivity contribution in [3.05, 3.63) is 103 Å². The van der Waals surface area contributed by atoms with Crippen LogP contribution in [0.4, 0.5) is 0 Å². The van der Waals surface area contributed by atoms with E-state index in [1.165, 1.54) is 6.07 Å². The molecule has 0 saturated carbocycles. The van der Waals surface area contributed by atoms with E-state index in [1.54, 1.807) is 32.4 Å². The number of hydrogen-bond acceptors (Lipinski definition) is 4. The summed E-state index contributed by atoms with van der Waals surface area (Å²) in [5.41, 5.74) is 0. The topological polar surface area (TPSA) is 72.8 Å². The summed E-state index contributed by atoms with van der Waals surface area (Å²) in [4.78, 5) is -0.103. The van der Waals surface area contributed by atoms with Crippen molar-refractivity contribution in [1.82, 2.24) is 0 Å². The van der Waals surface area contributed by atoms with Crippen molar-refractivity contribution in [2.24, 2.45) is 0 Å². The van der Waals surface area contributed by atoms with E-state index in [9.17, 15) is 13.0 Å². The minimum Gasteiger partial charge on any atom is -0.497 e. The van der Waals surface area contributed by atoms with Crippen LogP contribution in [0.3, 0.4) is 0 Å². The van der Waals surface area contributed by atoms with Crippen LogP contribution in [-0.2, 0) is 10.1 Å². The Morgan fingerprint density at radius 3 is 1.48 bits per heavy atom. The summed E-state index contributed by atoms with van der Waals surface area (Å²) in [6.07, 6.45) is 0. The average molecular weight is 480 g/mol. The Morgan fingerprint density at radius 1 is 0.606 bits per heavy atom. The molecular weight excluding hydrogens is 455 g/mol. The van der Waals surface area contributed by atoms with Crippen LogP contribution >= 0.6 is 7.26 Å². The van der Waals surface area contributed by atoms with Gasteiger partial charge in [0.15, 0.2) is 0 Å². The molecule has 1 N–H and O–H groups in total. The van der Waals surface area contributed by atoms with Gasteiger partial charge in [0.05, 0.1) is 14.2 Å².